The Morgan fingerprint density at radius 2 is 2.05 bits per heavy atom. The van der Waals surface area contributed by atoms with Gasteiger partial charge in [0.05, 0.1) is 28.7 Å². The Morgan fingerprint density at radius 1 is 1.24 bits per heavy atom. The van der Waals surface area contributed by atoms with Crippen LogP contribution in [0.2, 0.25) is 0 Å². The van der Waals surface area contributed by atoms with E-state index in [4.69, 9.17) is 5.73 Å². The van der Waals surface area contributed by atoms with Crippen LogP contribution < -0.4 is 5.73 Å². The third kappa shape index (κ3) is 2.16. The van der Waals surface area contributed by atoms with Crippen molar-refractivity contribution >= 4 is 16.8 Å². The van der Waals surface area contributed by atoms with Crippen LogP contribution in [0.15, 0.2) is 42.7 Å². The van der Waals surface area contributed by atoms with Crippen molar-refractivity contribution in [3.05, 3.63) is 54.0 Å². The molecule has 0 unspecified atom stereocenters. The number of nitrogens with two attached hydrogens (primary N) is 1. The molecule has 0 fully saturated rings. The van der Waals surface area contributed by atoms with Gasteiger partial charge in [-0.05, 0) is 30.2 Å². The second-order valence-electron chi connectivity index (χ2n) is 5.23. The molecule has 1 aromatic carbocycles. The fourth-order valence-corrected chi connectivity index (χ4v) is 2.57. The molecule has 3 aromatic rings. The number of pyridine rings is 1. The second-order valence-corrected chi connectivity index (χ2v) is 5.23. The first-order chi connectivity index (χ1) is 10.1. The average Bonchev–Trinajstić information content (AvgIpc) is 2.87. The molecule has 0 saturated carbocycles. The highest BCUT2D eigenvalue weighted by molar-refractivity contribution is 6.06. The van der Waals surface area contributed by atoms with Crippen molar-refractivity contribution in [3.8, 4) is 5.69 Å². The first-order valence-corrected chi connectivity index (χ1v) is 6.81. The van der Waals surface area contributed by atoms with E-state index >= 15 is 0 Å². The van der Waals surface area contributed by atoms with Crippen LogP contribution in [0.25, 0.3) is 16.6 Å². The zero-order valence-corrected chi connectivity index (χ0v) is 11.9. The fourth-order valence-electron chi connectivity index (χ4n) is 2.57. The van der Waals surface area contributed by atoms with E-state index in [1.165, 1.54) is 0 Å². The van der Waals surface area contributed by atoms with Crippen LogP contribution in [-0.4, -0.2) is 20.7 Å². The second kappa shape index (κ2) is 5.01. The molecule has 0 saturated heterocycles. The summed E-state index contributed by atoms with van der Waals surface area (Å²) < 4.78 is 1.84. The van der Waals surface area contributed by atoms with E-state index < -0.39 is 5.91 Å². The molecule has 0 bridgehead atoms. The molecule has 2 heterocycles. The number of aromatic nitrogens is 3. The lowest BCUT2D eigenvalue weighted by Gasteiger charge is -2.11. The molecule has 0 aliphatic heterocycles. The lowest BCUT2D eigenvalue weighted by atomic mass is 10.0. The van der Waals surface area contributed by atoms with E-state index in [-0.39, 0.29) is 5.92 Å². The standard InChI is InChI=1S/C16H16N4O/c1-10(2)15-14-12(16(17)21)6-3-7-13(14)19-20(15)11-5-4-8-18-9-11/h3-10H,1-2H3,(H2,17,21). The van der Waals surface area contributed by atoms with Crippen molar-refractivity contribution < 1.29 is 4.79 Å². The normalized spacial score (nSPS) is 11.2. The number of primary amides is 1. The Hall–Kier alpha value is -2.69. The van der Waals surface area contributed by atoms with Gasteiger partial charge >= 0.3 is 0 Å². The van der Waals surface area contributed by atoms with E-state index in [1.807, 2.05) is 22.9 Å². The predicted octanol–water partition coefficient (Wildman–Crippen LogP) is 2.64. The van der Waals surface area contributed by atoms with Gasteiger partial charge in [0, 0.05) is 11.6 Å². The third-order valence-electron chi connectivity index (χ3n) is 3.44. The van der Waals surface area contributed by atoms with E-state index in [0.29, 0.717) is 5.56 Å². The highest BCUT2D eigenvalue weighted by Gasteiger charge is 2.20. The lowest BCUT2D eigenvalue weighted by Crippen LogP contribution is -2.12. The molecule has 0 spiro atoms. The lowest BCUT2D eigenvalue weighted by molar-refractivity contribution is 0.100. The number of hydrogen-bond donors (Lipinski definition) is 1. The first kappa shape index (κ1) is 13.3. The van der Waals surface area contributed by atoms with Crippen molar-refractivity contribution in [1.82, 2.24) is 14.8 Å². The predicted molar refractivity (Wildman–Crippen MR) is 81.5 cm³/mol. The van der Waals surface area contributed by atoms with E-state index in [0.717, 1.165) is 22.3 Å². The summed E-state index contributed by atoms with van der Waals surface area (Å²) in [7, 11) is 0. The average molecular weight is 280 g/mol. The monoisotopic (exact) mass is 280 g/mol. The molecule has 5 heteroatoms. The minimum absolute atomic E-state index is 0.190. The first-order valence-electron chi connectivity index (χ1n) is 6.81. The fraction of sp³-hybridized carbons (Fsp3) is 0.188. The molecule has 0 atom stereocenters. The molecule has 0 aliphatic rings. The van der Waals surface area contributed by atoms with Gasteiger partial charge in [-0.1, -0.05) is 19.9 Å². The Labute approximate surface area is 122 Å². The Morgan fingerprint density at radius 3 is 2.67 bits per heavy atom. The quantitative estimate of drug-likeness (QED) is 0.801. The maximum Gasteiger partial charge on any atom is 0.249 e. The zero-order valence-electron chi connectivity index (χ0n) is 11.9. The van der Waals surface area contributed by atoms with Crippen molar-refractivity contribution in [2.75, 3.05) is 0 Å². The highest BCUT2D eigenvalue weighted by Crippen LogP contribution is 2.30. The van der Waals surface area contributed by atoms with Crippen molar-refractivity contribution in [2.24, 2.45) is 5.73 Å². The molecule has 0 aliphatic carbocycles. The summed E-state index contributed by atoms with van der Waals surface area (Å²) in [6.07, 6.45) is 3.47. The van der Waals surface area contributed by atoms with Gasteiger partial charge in [0.2, 0.25) is 5.91 Å². The number of amides is 1. The topological polar surface area (TPSA) is 73.8 Å². The molecule has 0 radical (unpaired) electrons. The summed E-state index contributed by atoms with van der Waals surface area (Å²) in [4.78, 5) is 15.8. The van der Waals surface area contributed by atoms with Gasteiger partial charge in [0.1, 0.15) is 0 Å². The van der Waals surface area contributed by atoms with Gasteiger partial charge in [0.25, 0.3) is 0 Å². The number of carbonyl (C=O) groups is 1. The number of hydrogen-bond acceptors (Lipinski definition) is 3. The summed E-state index contributed by atoms with van der Waals surface area (Å²) >= 11 is 0. The maximum absolute atomic E-state index is 11.7. The van der Waals surface area contributed by atoms with Crippen LogP contribution in [0.1, 0.15) is 35.8 Å². The number of nitrogens with zero attached hydrogens (tertiary/aromatic N) is 3. The van der Waals surface area contributed by atoms with E-state index in [2.05, 4.69) is 23.9 Å². The summed E-state index contributed by atoms with van der Waals surface area (Å²) in [5, 5.41) is 5.44. The SMILES string of the molecule is CC(C)c1c2c(C(N)=O)cccc2nn1-c1cccnc1. The van der Waals surface area contributed by atoms with Crippen LogP contribution in [-0.2, 0) is 0 Å². The van der Waals surface area contributed by atoms with Crippen LogP contribution in [0.5, 0.6) is 0 Å². The molecular formula is C16H16N4O. The molecule has 5 nitrogen and oxygen atoms in total. The summed E-state index contributed by atoms with van der Waals surface area (Å²) in [5.41, 5.74) is 8.61. The zero-order chi connectivity index (χ0) is 15.0. The summed E-state index contributed by atoms with van der Waals surface area (Å²) in [6.45, 7) is 4.14. The van der Waals surface area contributed by atoms with Crippen LogP contribution >= 0.6 is 0 Å². The van der Waals surface area contributed by atoms with Crippen molar-refractivity contribution in [3.63, 3.8) is 0 Å². The third-order valence-corrected chi connectivity index (χ3v) is 3.44. The van der Waals surface area contributed by atoms with Crippen LogP contribution in [0.4, 0.5) is 0 Å². The smallest absolute Gasteiger partial charge is 0.249 e. The van der Waals surface area contributed by atoms with Crippen molar-refractivity contribution in [1.29, 1.82) is 0 Å². The van der Waals surface area contributed by atoms with Gasteiger partial charge < -0.3 is 5.73 Å². The molecular weight excluding hydrogens is 264 g/mol. The molecule has 2 aromatic heterocycles. The Balaban J connectivity index is 2.39. The van der Waals surface area contributed by atoms with E-state index in [1.54, 1.807) is 24.5 Å². The molecule has 2 N–H and O–H groups in total. The van der Waals surface area contributed by atoms with Crippen LogP contribution in [0.3, 0.4) is 0 Å². The molecule has 1 amide bonds. The molecule has 3 rings (SSSR count). The molecule has 106 valence electrons. The minimum Gasteiger partial charge on any atom is -0.366 e. The number of carbonyl (C=O) groups excluding carboxylic acids is 1. The Kier molecular flexibility index (Phi) is 3.17. The highest BCUT2D eigenvalue weighted by atomic mass is 16.1. The Bertz CT molecular complexity index is 806. The van der Waals surface area contributed by atoms with Gasteiger partial charge in [-0.2, -0.15) is 5.10 Å². The number of benzene rings is 1. The van der Waals surface area contributed by atoms with Gasteiger partial charge in [0.15, 0.2) is 0 Å². The summed E-state index contributed by atoms with van der Waals surface area (Å²) in [6, 6.07) is 9.23. The maximum atomic E-state index is 11.7. The minimum atomic E-state index is -0.437. The van der Waals surface area contributed by atoms with Crippen LogP contribution in [0, 0.1) is 0 Å². The van der Waals surface area contributed by atoms with Crippen molar-refractivity contribution in [2.45, 2.75) is 19.8 Å². The van der Waals surface area contributed by atoms with Gasteiger partial charge in [-0.25, -0.2) is 4.68 Å². The number of rotatable bonds is 3. The number of fused-ring (bicyclic) bond motifs is 1. The summed E-state index contributed by atoms with van der Waals surface area (Å²) in [5.74, 6) is -0.246. The van der Waals surface area contributed by atoms with Gasteiger partial charge in [-0.15, -0.1) is 0 Å². The van der Waals surface area contributed by atoms with Gasteiger partial charge in [-0.3, -0.25) is 9.78 Å². The largest absolute Gasteiger partial charge is 0.366 e. The molecule has 21 heavy (non-hydrogen) atoms. The van der Waals surface area contributed by atoms with E-state index in [9.17, 15) is 4.79 Å².